The molecule has 0 spiro atoms. The van der Waals surface area contributed by atoms with Gasteiger partial charge in [-0.3, -0.25) is 9.59 Å². The highest BCUT2D eigenvalue weighted by Crippen LogP contribution is 2.30. The van der Waals surface area contributed by atoms with Gasteiger partial charge in [-0.15, -0.1) is 0 Å². The standard InChI is InChI=1S/C20H21N3O3/c1-13(22-23-20(25)16-7-11-18(26-2)12-8-16)14-5-9-17(10-6-14)21-19(24)15-3-4-15/h5-12,15H,3-4H2,1-2H3,(H,21,24)(H,23,25). The molecule has 1 aliphatic rings. The van der Waals surface area contributed by atoms with Crippen LogP contribution in [0.4, 0.5) is 5.69 Å². The van der Waals surface area contributed by atoms with Gasteiger partial charge in [-0.1, -0.05) is 12.1 Å². The number of carbonyl (C=O) groups is 2. The molecule has 6 nitrogen and oxygen atoms in total. The van der Waals surface area contributed by atoms with E-state index in [1.165, 1.54) is 0 Å². The second-order valence-electron chi connectivity index (χ2n) is 6.21. The second kappa shape index (κ2) is 7.82. The van der Waals surface area contributed by atoms with Gasteiger partial charge in [0.1, 0.15) is 5.75 Å². The van der Waals surface area contributed by atoms with Gasteiger partial charge in [0.2, 0.25) is 5.91 Å². The van der Waals surface area contributed by atoms with Gasteiger partial charge in [0.25, 0.3) is 5.91 Å². The Morgan fingerprint density at radius 1 is 1.00 bits per heavy atom. The number of benzene rings is 2. The molecule has 1 saturated carbocycles. The summed E-state index contributed by atoms with van der Waals surface area (Å²) in [6, 6.07) is 14.2. The number of carbonyl (C=O) groups excluding carboxylic acids is 2. The highest BCUT2D eigenvalue weighted by Gasteiger charge is 2.29. The van der Waals surface area contributed by atoms with Crippen LogP contribution in [0.2, 0.25) is 0 Å². The Bertz CT molecular complexity index is 822. The van der Waals surface area contributed by atoms with Crippen LogP contribution in [0.15, 0.2) is 53.6 Å². The van der Waals surface area contributed by atoms with E-state index in [1.54, 1.807) is 31.4 Å². The topological polar surface area (TPSA) is 79.8 Å². The van der Waals surface area contributed by atoms with Crippen molar-refractivity contribution >= 4 is 23.2 Å². The van der Waals surface area contributed by atoms with Crippen molar-refractivity contribution in [2.45, 2.75) is 19.8 Å². The zero-order valence-corrected chi connectivity index (χ0v) is 14.8. The number of hydrazone groups is 1. The molecular formula is C20H21N3O3. The number of nitrogens with one attached hydrogen (secondary N) is 2. The molecule has 26 heavy (non-hydrogen) atoms. The average Bonchev–Trinajstić information content (AvgIpc) is 3.52. The summed E-state index contributed by atoms with van der Waals surface area (Å²) in [6.07, 6.45) is 1.95. The SMILES string of the molecule is COc1ccc(C(=O)NN=C(C)c2ccc(NC(=O)C3CC3)cc2)cc1. The van der Waals surface area contributed by atoms with Gasteiger partial charge in [-0.25, -0.2) is 5.43 Å². The first-order chi connectivity index (χ1) is 12.6. The summed E-state index contributed by atoms with van der Waals surface area (Å²) in [5, 5.41) is 7.03. The predicted molar refractivity (Wildman–Crippen MR) is 100 cm³/mol. The Morgan fingerprint density at radius 2 is 1.62 bits per heavy atom. The maximum atomic E-state index is 12.1. The van der Waals surface area contributed by atoms with E-state index < -0.39 is 0 Å². The molecule has 134 valence electrons. The molecule has 2 aromatic rings. The van der Waals surface area contributed by atoms with Gasteiger partial charge in [-0.05, 0) is 61.7 Å². The smallest absolute Gasteiger partial charge is 0.271 e. The summed E-state index contributed by atoms with van der Waals surface area (Å²) in [7, 11) is 1.57. The van der Waals surface area contributed by atoms with Gasteiger partial charge in [0.05, 0.1) is 12.8 Å². The fourth-order valence-electron chi connectivity index (χ4n) is 2.39. The number of hydrogen-bond acceptors (Lipinski definition) is 4. The van der Waals surface area contributed by atoms with Crippen molar-refractivity contribution in [1.82, 2.24) is 5.43 Å². The molecule has 0 saturated heterocycles. The van der Waals surface area contributed by atoms with E-state index in [0.29, 0.717) is 17.0 Å². The normalized spacial score (nSPS) is 13.8. The fourth-order valence-corrected chi connectivity index (χ4v) is 2.39. The Hall–Kier alpha value is -3.15. The molecule has 0 aromatic heterocycles. The summed E-state index contributed by atoms with van der Waals surface area (Å²) >= 11 is 0. The van der Waals surface area contributed by atoms with Crippen molar-refractivity contribution in [1.29, 1.82) is 0 Å². The largest absolute Gasteiger partial charge is 0.497 e. The highest BCUT2D eigenvalue weighted by molar-refractivity contribution is 6.01. The third-order valence-electron chi connectivity index (χ3n) is 4.20. The minimum absolute atomic E-state index is 0.0786. The van der Waals surface area contributed by atoms with Crippen LogP contribution >= 0.6 is 0 Å². The molecule has 2 aromatic carbocycles. The molecule has 2 amide bonds. The van der Waals surface area contributed by atoms with Crippen LogP contribution in [0.5, 0.6) is 5.75 Å². The molecule has 0 radical (unpaired) electrons. The Balaban J connectivity index is 1.59. The number of nitrogens with zero attached hydrogens (tertiary/aromatic N) is 1. The third kappa shape index (κ3) is 4.47. The van der Waals surface area contributed by atoms with Crippen molar-refractivity contribution in [3.8, 4) is 5.75 Å². The number of rotatable bonds is 6. The molecule has 0 bridgehead atoms. The van der Waals surface area contributed by atoms with E-state index in [1.807, 2.05) is 31.2 Å². The average molecular weight is 351 g/mol. The zero-order chi connectivity index (χ0) is 18.5. The summed E-state index contributed by atoms with van der Waals surface area (Å²) in [5.41, 5.74) is 5.35. The molecule has 1 fully saturated rings. The quantitative estimate of drug-likeness (QED) is 0.619. The van der Waals surface area contributed by atoms with Crippen LogP contribution in [0.3, 0.4) is 0 Å². The Labute approximate surface area is 152 Å². The highest BCUT2D eigenvalue weighted by atomic mass is 16.5. The number of amides is 2. The zero-order valence-electron chi connectivity index (χ0n) is 14.8. The molecule has 0 heterocycles. The molecular weight excluding hydrogens is 330 g/mol. The van der Waals surface area contributed by atoms with Crippen molar-refractivity contribution in [2.24, 2.45) is 11.0 Å². The van der Waals surface area contributed by atoms with Crippen molar-refractivity contribution < 1.29 is 14.3 Å². The fraction of sp³-hybridized carbons (Fsp3) is 0.250. The summed E-state index contributed by atoms with van der Waals surface area (Å²) in [4.78, 5) is 23.9. The maximum absolute atomic E-state index is 12.1. The lowest BCUT2D eigenvalue weighted by molar-refractivity contribution is -0.117. The minimum Gasteiger partial charge on any atom is -0.497 e. The first-order valence-corrected chi connectivity index (χ1v) is 8.47. The van der Waals surface area contributed by atoms with E-state index in [-0.39, 0.29) is 17.7 Å². The van der Waals surface area contributed by atoms with Gasteiger partial charge in [-0.2, -0.15) is 5.10 Å². The number of ether oxygens (including phenoxy) is 1. The van der Waals surface area contributed by atoms with E-state index in [9.17, 15) is 9.59 Å². The van der Waals surface area contributed by atoms with Crippen LogP contribution in [0.1, 0.15) is 35.7 Å². The lowest BCUT2D eigenvalue weighted by Gasteiger charge is -2.07. The van der Waals surface area contributed by atoms with Gasteiger partial charge in [0, 0.05) is 17.2 Å². The molecule has 0 unspecified atom stereocenters. The van der Waals surface area contributed by atoms with E-state index in [2.05, 4.69) is 15.8 Å². The van der Waals surface area contributed by atoms with Crippen LogP contribution in [-0.4, -0.2) is 24.6 Å². The summed E-state index contributed by atoms with van der Waals surface area (Å²) < 4.78 is 5.07. The van der Waals surface area contributed by atoms with Crippen LogP contribution in [0.25, 0.3) is 0 Å². The third-order valence-corrected chi connectivity index (χ3v) is 4.20. The molecule has 6 heteroatoms. The maximum Gasteiger partial charge on any atom is 0.271 e. The van der Waals surface area contributed by atoms with Gasteiger partial charge < -0.3 is 10.1 Å². The molecule has 3 rings (SSSR count). The Morgan fingerprint density at radius 3 is 2.19 bits per heavy atom. The van der Waals surface area contributed by atoms with Gasteiger partial charge >= 0.3 is 0 Å². The summed E-state index contributed by atoms with van der Waals surface area (Å²) in [6.45, 7) is 1.81. The van der Waals surface area contributed by atoms with Crippen LogP contribution in [0, 0.1) is 5.92 Å². The van der Waals surface area contributed by atoms with Crippen molar-refractivity contribution in [3.05, 3.63) is 59.7 Å². The Kier molecular flexibility index (Phi) is 5.31. The molecule has 0 atom stereocenters. The first-order valence-electron chi connectivity index (χ1n) is 8.47. The van der Waals surface area contributed by atoms with E-state index in [0.717, 1.165) is 24.1 Å². The number of hydrogen-bond donors (Lipinski definition) is 2. The second-order valence-corrected chi connectivity index (χ2v) is 6.21. The molecule has 1 aliphatic carbocycles. The van der Waals surface area contributed by atoms with E-state index in [4.69, 9.17) is 4.74 Å². The number of methoxy groups -OCH3 is 1. The molecule has 0 aliphatic heterocycles. The van der Waals surface area contributed by atoms with Crippen LogP contribution in [-0.2, 0) is 4.79 Å². The minimum atomic E-state index is -0.291. The van der Waals surface area contributed by atoms with Crippen molar-refractivity contribution in [3.63, 3.8) is 0 Å². The molecule has 2 N–H and O–H groups in total. The summed E-state index contributed by atoms with van der Waals surface area (Å²) in [5.74, 6) is 0.649. The lowest BCUT2D eigenvalue weighted by Crippen LogP contribution is -2.19. The lowest BCUT2D eigenvalue weighted by atomic mass is 10.1. The van der Waals surface area contributed by atoms with Crippen molar-refractivity contribution in [2.75, 3.05) is 12.4 Å². The monoisotopic (exact) mass is 351 g/mol. The number of anilines is 1. The van der Waals surface area contributed by atoms with Crippen LogP contribution < -0.4 is 15.5 Å². The van der Waals surface area contributed by atoms with E-state index >= 15 is 0 Å². The van der Waals surface area contributed by atoms with Gasteiger partial charge in [0.15, 0.2) is 0 Å². The predicted octanol–water partition coefficient (Wildman–Crippen LogP) is 3.20. The first kappa shape index (κ1) is 17.7.